The molecule has 3 rings (SSSR count). The van der Waals surface area contributed by atoms with E-state index in [1.54, 1.807) is 10.7 Å². The second kappa shape index (κ2) is 4.55. The Morgan fingerprint density at radius 1 is 1.39 bits per heavy atom. The number of halogens is 1. The first-order chi connectivity index (χ1) is 8.76. The van der Waals surface area contributed by atoms with Crippen LogP contribution in [-0.4, -0.2) is 20.0 Å². The van der Waals surface area contributed by atoms with E-state index in [2.05, 4.69) is 26.2 Å². The van der Waals surface area contributed by atoms with Gasteiger partial charge in [0.05, 0.1) is 6.54 Å². The van der Waals surface area contributed by atoms with Crippen molar-refractivity contribution in [2.75, 3.05) is 0 Å². The lowest BCUT2D eigenvalue weighted by Crippen LogP contribution is -1.99. The standard InChI is InChI=1S/C12H10BrN3O2/c13-11-3-1-2-8-5-16(14-12(8)11)6-9-4-10(7-17)18-15-9/h1-5,17H,6-7H2. The van der Waals surface area contributed by atoms with Crippen molar-refractivity contribution < 1.29 is 9.63 Å². The van der Waals surface area contributed by atoms with Crippen LogP contribution < -0.4 is 0 Å². The molecule has 0 atom stereocenters. The molecule has 92 valence electrons. The zero-order chi connectivity index (χ0) is 12.5. The summed E-state index contributed by atoms with van der Waals surface area (Å²) in [4.78, 5) is 0. The van der Waals surface area contributed by atoms with Gasteiger partial charge in [0.2, 0.25) is 0 Å². The fourth-order valence-electron chi connectivity index (χ4n) is 1.81. The molecule has 0 aliphatic carbocycles. The van der Waals surface area contributed by atoms with Crippen LogP contribution in [0.25, 0.3) is 10.9 Å². The molecule has 0 saturated carbocycles. The van der Waals surface area contributed by atoms with Crippen molar-refractivity contribution in [1.29, 1.82) is 0 Å². The fraction of sp³-hybridized carbons (Fsp3) is 0.167. The number of nitrogens with zero attached hydrogens (tertiary/aromatic N) is 3. The highest BCUT2D eigenvalue weighted by molar-refractivity contribution is 9.10. The van der Waals surface area contributed by atoms with Crippen molar-refractivity contribution >= 4 is 26.8 Å². The first-order valence-electron chi connectivity index (χ1n) is 5.43. The van der Waals surface area contributed by atoms with Gasteiger partial charge in [0.15, 0.2) is 5.76 Å². The van der Waals surface area contributed by atoms with Crippen LogP contribution in [0.1, 0.15) is 11.5 Å². The molecule has 2 aromatic heterocycles. The second-order valence-electron chi connectivity index (χ2n) is 3.95. The van der Waals surface area contributed by atoms with E-state index in [0.717, 1.165) is 21.1 Å². The Morgan fingerprint density at radius 3 is 3.00 bits per heavy atom. The van der Waals surface area contributed by atoms with Crippen LogP contribution in [0.3, 0.4) is 0 Å². The summed E-state index contributed by atoms with van der Waals surface area (Å²) in [6.07, 6.45) is 1.95. The van der Waals surface area contributed by atoms with E-state index in [1.807, 2.05) is 24.4 Å². The third-order valence-electron chi connectivity index (χ3n) is 2.62. The molecular weight excluding hydrogens is 298 g/mol. The molecular formula is C12H10BrN3O2. The maximum Gasteiger partial charge on any atom is 0.162 e. The number of rotatable bonds is 3. The van der Waals surface area contributed by atoms with Gasteiger partial charge in [-0.2, -0.15) is 5.10 Å². The van der Waals surface area contributed by atoms with Crippen LogP contribution in [0.15, 0.2) is 39.5 Å². The first-order valence-corrected chi connectivity index (χ1v) is 6.22. The van der Waals surface area contributed by atoms with Gasteiger partial charge in [0.1, 0.15) is 17.8 Å². The monoisotopic (exact) mass is 307 g/mol. The van der Waals surface area contributed by atoms with Crippen LogP contribution in [0, 0.1) is 0 Å². The molecule has 3 aromatic rings. The predicted octanol–water partition coefficient (Wildman–Crippen LogP) is 2.33. The zero-order valence-electron chi connectivity index (χ0n) is 9.38. The summed E-state index contributed by atoms with van der Waals surface area (Å²) in [6.45, 7) is 0.379. The maximum atomic E-state index is 8.91. The Labute approximate surface area is 111 Å². The van der Waals surface area contributed by atoms with Gasteiger partial charge < -0.3 is 9.63 Å². The number of aliphatic hydroxyl groups excluding tert-OH is 1. The molecule has 0 aliphatic rings. The highest BCUT2D eigenvalue weighted by atomic mass is 79.9. The van der Waals surface area contributed by atoms with Crippen molar-refractivity contribution in [2.24, 2.45) is 0 Å². The van der Waals surface area contributed by atoms with Gasteiger partial charge in [-0.05, 0) is 22.0 Å². The topological polar surface area (TPSA) is 64.1 Å². The van der Waals surface area contributed by atoms with Gasteiger partial charge in [0, 0.05) is 22.1 Å². The normalized spacial score (nSPS) is 11.2. The summed E-state index contributed by atoms with van der Waals surface area (Å²) in [6, 6.07) is 7.66. The minimum atomic E-state index is -0.139. The molecule has 1 aromatic carbocycles. The number of fused-ring (bicyclic) bond motifs is 1. The van der Waals surface area contributed by atoms with E-state index in [0.29, 0.717) is 12.3 Å². The Kier molecular flexibility index (Phi) is 2.89. The molecule has 5 nitrogen and oxygen atoms in total. The van der Waals surface area contributed by atoms with Gasteiger partial charge in [-0.25, -0.2) is 0 Å². The smallest absolute Gasteiger partial charge is 0.162 e. The Morgan fingerprint density at radius 2 is 2.28 bits per heavy atom. The van der Waals surface area contributed by atoms with Gasteiger partial charge in [-0.15, -0.1) is 0 Å². The van der Waals surface area contributed by atoms with Crippen LogP contribution in [0.5, 0.6) is 0 Å². The summed E-state index contributed by atoms with van der Waals surface area (Å²) in [5.74, 6) is 0.461. The number of hydrogen-bond acceptors (Lipinski definition) is 4. The van der Waals surface area contributed by atoms with Crippen molar-refractivity contribution in [3.8, 4) is 0 Å². The molecule has 1 N–H and O–H groups in total. The highest BCUT2D eigenvalue weighted by Crippen LogP contribution is 2.22. The minimum absolute atomic E-state index is 0.139. The largest absolute Gasteiger partial charge is 0.388 e. The first kappa shape index (κ1) is 11.4. The zero-order valence-corrected chi connectivity index (χ0v) is 11.0. The third kappa shape index (κ3) is 2.04. The lowest BCUT2D eigenvalue weighted by atomic mass is 10.3. The molecule has 0 bridgehead atoms. The Bertz CT molecular complexity index is 690. The van der Waals surface area contributed by atoms with Crippen molar-refractivity contribution in [3.63, 3.8) is 0 Å². The number of hydrogen-bond donors (Lipinski definition) is 1. The lowest BCUT2D eigenvalue weighted by Gasteiger charge is -1.94. The number of aliphatic hydroxyl groups is 1. The summed E-state index contributed by atoms with van der Waals surface area (Å²) < 4.78 is 7.70. The molecule has 0 saturated heterocycles. The average molecular weight is 308 g/mol. The lowest BCUT2D eigenvalue weighted by molar-refractivity contribution is 0.228. The number of benzene rings is 1. The van der Waals surface area contributed by atoms with Crippen molar-refractivity contribution in [1.82, 2.24) is 14.9 Å². The Hall–Kier alpha value is -1.66. The van der Waals surface area contributed by atoms with E-state index in [-0.39, 0.29) is 6.61 Å². The molecule has 2 heterocycles. The summed E-state index contributed by atoms with van der Waals surface area (Å²) >= 11 is 3.47. The van der Waals surface area contributed by atoms with Gasteiger partial charge in [-0.3, -0.25) is 4.68 Å². The molecule has 6 heteroatoms. The van der Waals surface area contributed by atoms with E-state index < -0.39 is 0 Å². The molecule has 0 amide bonds. The van der Waals surface area contributed by atoms with Gasteiger partial charge in [0.25, 0.3) is 0 Å². The van der Waals surface area contributed by atoms with Gasteiger partial charge in [-0.1, -0.05) is 17.3 Å². The van der Waals surface area contributed by atoms with Crippen LogP contribution in [-0.2, 0) is 13.2 Å². The maximum absolute atomic E-state index is 8.91. The van der Waals surface area contributed by atoms with Gasteiger partial charge >= 0.3 is 0 Å². The molecule has 0 spiro atoms. The summed E-state index contributed by atoms with van der Waals surface area (Å²) in [7, 11) is 0. The Balaban J connectivity index is 1.93. The second-order valence-corrected chi connectivity index (χ2v) is 4.80. The summed E-state index contributed by atoms with van der Waals surface area (Å²) in [5.41, 5.74) is 1.66. The van der Waals surface area contributed by atoms with E-state index >= 15 is 0 Å². The SMILES string of the molecule is OCc1cc(Cn2cc3cccc(Br)c3n2)no1. The average Bonchev–Trinajstić information content (AvgIpc) is 2.96. The van der Waals surface area contributed by atoms with Crippen molar-refractivity contribution in [2.45, 2.75) is 13.2 Å². The van der Waals surface area contributed by atoms with Crippen LogP contribution in [0.2, 0.25) is 0 Å². The minimum Gasteiger partial charge on any atom is -0.388 e. The van der Waals surface area contributed by atoms with E-state index in [9.17, 15) is 0 Å². The quantitative estimate of drug-likeness (QED) is 0.806. The van der Waals surface area contributed by atoms with E-state index in [1.165, 1.54) is 0 Å². The van der Waals surface area contributed by atoms with Crippen LogP contribution >= 0.6 is 15.9 Å². The predicted molar refractivity (Wildman–Crippen MR) is 69.0 cm³/mol. The molecule has 18 heavy (non-hydrogen) atoms. The van der Waals surface area contributed by atoms with Crippen molar-refractivity contribution in [3.05, 3.63) is 46.4 Å². The third-order valence-corrected chi connectivity index (χ3v) is 3.26. The fourth-order valence-corrected chi connectivity index (χ4v) is 2.27. The number of aromatic nitrogens is 3. The molecule has 0 fully saturated rings. The van der Waals surface area contributed by atoms with Crippen LogP contribution in [0.4, 0.5) is 0 Å². The van der Waals surface area contributed by atoms with E-state index in [4.69, 9.17) is 9.63 Å². The molecule has 0 radical (unpaired) electrons. The molecule has 0 unspecified atom stereocenters. The summed E-state index contributed by atoms with van der Waals surface area (Å²) in [5, 5.41) is 18.3. The molecule has 0 aliphatic heterocycles. The highest BCUT2D eigenvalue weighted by Gasteiger charge is 2.07.